The number of hydrogen-bond donors (Lipinski definition) is 1. The first-order chi connectivity index (χ1) is 7.56. The number of fused-ring (bicyclic) bond motifs is 2. The summed E-state index contributed by atoms with van der Waals surface area (Å²) in [6, 6.07) is 0.864. The summed E-state index contributed by atoms with van der Waals surface area (Å²) in [7, 11) is 0. The molecule has 3 atom stereocenters. The molecule has 1 saturated heterocycles. The van der Waals surface area contributed by atoms with Crippen molar-refractivity contribution in [3.8, 4) is 0 Å². The summed E-state index contributed by atoms with van der Waals surface area (Å²) in [6.07, 6.45) is 4.40. The van der Waals surface area contributed by atoms with Crippen molar-refractivity contribution < 1.29 is 0 Å². The SMILES string of the molecule is CC1(C)[C@@H]2CC[C@]1(C)[C@@H](N1CCNCC1)C2. The van der Waals surface area contributed by atoms with E-state index in [1.807, 2.05) is 0 Å². The Morgan fingerprint density at radius 1 is 1.12 bits per heavy atom. The molecule has 0 aromatic rings. The van der Waals surface area contributed by atoms with Crippen molar-refractivity contribution in [1.82, 2.24) is 10.2 Å². The van der Waals surface area contributed by atoms with Gasteiger partial charge in [-0.3, -0.25) is 4.90 Å². The van der Waals surface area contributed by atoms with Crippen LogP contribution in [0.5, 0.6) is 0 Å². The van der Waals surface area contributed by atoms with Gasteiger partial charge < -0.3 is 5.32 Å². The number of nitrogens with zero attached hydrogens (tertiary/aromatic N) is 1. The highest BCUT2D eigenvalue weighted by molar-refractivity contribution is 5.13. The molecule has 2 nitrogen and oxygen atoms in total. The largest absolute Gasteiger partial charge is 0.314 e. The predicted molar refractivity (Wildman–Crippen MR) is 67.5 cm³/mol. The van der Waals surface area contributed by atoms with Gasteiger partial charge >= 0.3 is 0 Å². The second-order valence-corrected chi connectivity index (χ2v) is 6.91. The molecule has 0 spiro atoms. The van der Waals surface area contributed by atoms with Gasteiger partial charge in [0.2, 0.25) is 0 Å². The zero-order valence-electron chi connectivity index (χ0n) is 11.1. The number of nitrogens with one attached hydrogen (secondary N) is 1. The van der Waals surface area contributed by atoms with Crippen LogP contribution < -0.4 is 5.32 Å². The summed E-state index contributed by atoms with van der Waals surface area (Å²) >= 11 is 0. The van der Waals surface area contributed by atoms with Crippen molar-refractivity contribution in [3.63, 3.8) is 0 Å². The van der Waals surface area contributed by atoms with E-state index >= 15 is 0 Å². The van der Waals surface area contributed by atoms with Crippen molar-refractivity contribution in [3.05, 3.63) is 0 Å². The van der Waals surface area contributed by atoms with Crippen LogP contribution in [0, 0.1) is 16.7 Å². The minimum Gasteiger partial charge on any atom is -0.314 e. The molecule has 3 aliphatic rings. The average molecular weight is 222 g/mol. The molecule has 1 heterocycles. The Kier molecular flexibility index (Phi) is 2.38. The molecule has 0 unspecified atom stereocenters. The third-order valence-corrected chi connectivity index (χ3v) is 6.34. The smallest absolute Gasteiger partial charge is 0.0158 e. The lowest BCUT2D eigenvalue weighted by Gasteiger charge is -2.46. The van der Waals surface area contributed by atoms with E-state index in [0.717, 1.165) is 12.0 Å². The maximum atomic E-state index is 3.47. The number of hydrogen-bond acceptors (Lipinski definition) is 2. The van der Waals surface area contributed by atoms with Gasteiger partial charge in [-0.25, -0.2) is 0 Å². The van der Waals surface area contributed by atoms with Gasteiger partial charge in [-0.1, -0.05) is 20.8 Å². The summed E-state index contributed by atoms with van der Waals surface area (Å²) in [6.45, 7) is 12.5. The lowest BCUT2D eigenvalue weighted by molar-refractivity contribution is 0.0363. The molecule has 92 valence electrons. The van der Waals surface area contributed by atoms with Crippen molar-refractivity contribution in [2.75, 3.05) is 26.2 Å². The molecule has 2 heteroatoms. The molecule has 1 aliphatic heterocycles. The van der Waals surface area contributed by atoms with Gasteiger partial charge in [-0.2, -0.15) is 0 Å². The van der Waals surface area contributed by atoms with E-state index < -0.39 is 0 Å². The molecule has 1 N–H and O–H groups in total. The summed E-state index contributed by atoms with van der Waals surface area (Å²) in [5.41, 5.74) is 1.15. The molecule has 2 aliphatic carbocycles. The van der Waals surface area contributed by atoms with Crippen LogP contribution >= 0.6 is 0 Å². The molecule has 2 bridgehead atoms. The third kappa shape index (κ3) is 1.26. The zero-order chi connectivity index (χ0) is 11.4. The van der Waals surface area contributed by atoms with E-state index in [-0.39, 0.29) is 0 Å². The predicted octanol–water partition coefficient (Wildman–Crippen LogP) is 2.11. The van der Waals surface area contributed by atoms with E-state index in [4.69, 9.17) is 0 Å². The summed E-state index contributed by atoms with van der Waals surface area (Å²) in [4.78, 5) is 2.78. The Morgan fingerprint density at radius 3 is 2.31 bits per heavy atom. The first-order valence-electron chi connectivity index (χ1n) is 7.00. The molecule has 0 aromatic heterocycles. The first-order valence-corrected chi connectivity index (χ1v) is 7.00. The normalized spacial score (nSPS) is 47.4. The number of rotatable bonds is 1. The van der Waals surface area contributed by atoms with Crippen molar-refractivity contribution >= 4 is 0 Å². The Hall–Kier alpha value is -0.0800. The third-order valence-electron chi connectivity index (χ3n) is 6.34. The number of piperazine rings is 1. The van der Waals surface area contributed by atoms with Gasteiger partial charge in [0.25, 0.3) is 0 Å². The van der Waals surface area contributed by atoms with Crippen molar-refractivity contribution in [1.29, 1.82) is 0 Å². The summed E-state index contributed by atoms with van der Waals surface area (Å²) < 4.78 is 0. The topological polar surface area (TPSA) is 15.3 Å². The molecule has 3 rings (SSSR count). The van der Waals surface area contributed by atoms with Crippen LogP contribution in [0.3, 0.4) is 0 Å². The van der Waals surface area contributed by atoms with Crippen LogP contribution in [0.4, 0.5) is 0 Å². The summed E-state index contributed by atoms with van der Waals surface area (Å²) in [5, 5.41) is 3.47. The maximum Gasteiger partial charge on any atom is 0.0158 e. The fourth-order valence-corrected chi connectivity index (χ4v) is 4.71. The second kappa shape index (κ2) is 3.46. The van der Waals surface area contributed by atoms with E-state index in [2.05, 4.69) is 31.0 Å². The van der Waals surface area contributed by atoms with Gasteiger partial charge in [0, 0.05) is 32.2 Å². The van der Waals surface area contributed by atoms with Crippen molar-refractivity contribution in [2.24, 2.45) is 16.7 Å². The van der Waals surface area contributed by atoms with Crippen LogP contribution in [-0.4, -0.2) is 37.1 Å². The Labute approximate surface area is 99.8 Å². The molecular formula is C14H26N2. The van der Waals surface area contributed by atoms with E-state index in [1.165, 1.54) is 45.4 Å². The highest BCUT2D eigenvalue weighted by Gasteiger charge is 2.62. The second-order valence-electron chi connectivity index (χ2n) is 6.91. The molecule has 0 radical (unpaired) electrons. The monoisotopic (exact) mass is 222 g/mol. The summed E-state index contributed by atoms with van der Waals surface area (Å²) in [5.74, 6) is 0.984. The quantitative estimate of drug-likeness (QED) is 0.731. The van der Waals surface area contributed by atoms with Gasteiger partial charge in [-0.15, -0.1) is 0 Å². The molecule has 0 aromatic carbocycles. The van der Waals surface area contributed by atoms with Gasteiger partial charge in [0.05, 0.1) is 0 Å². The van der Waals surface area contributed by atoms with Crippen LogP contribution in [0.2, 0.25) is 0 Å². The van der Waals surface area contributed by atoms with Crippen LogP contribution in [-0.2, 0) is 0 Å². The van der Waals surface area contributed by atoms with Crippen molar-refractivity contribution in [2.45, 2.75) is 46.1 Å². The fraction of sp³-hybridized carbons (Fsp3) is 1.00. The average Bonchev–Trinajstić information content (AvgIpc) is 2.62. The molecule has 2 saturated carbocycles. The molecule has 16 heavy (non-hydrogen) atoms. The minimum absolute atomic E-state index is 0.572. The zero-order valence-corrected chi connectivity index (χ0v) is 11.1. The Balaban J connectivity index is 1.83. The molecular weight excluding hydrogens is 196 g/mol. The Morgan fingerprint density at radius 2 is 1.81 bits per heavy atom. The first kappa shape index (κ1) is 11.0. The highest BCUT2D eigenvalue weighted by atomic mass is 15.2. The van der Waals surface area contributed by atoms with E-state index in [0.29, 0.717) is 10.8 Å². The minimum atomic E-state index is 0.572. The fourth-order valence-electron chi connectivity index (χ4n) is 4.71. The van der Waals surface area contributed by atoms with Crippen LogP contribution in [0.1, 0.15) is 40.0 Å². The van der Waals surface area contributed by atoms with Gasteiger partial charge in [0.15, 0.2) is 0 Å². The lowest BCUT2D eigenvalue weighted by atomic mass is 9.68. The van der Waals surface area contributed by atoms with E-state index in [9.17, 15) is 0 Å². The molecule has 3 fully saturated rings. The maximum absolute atomic E-state index is 3.47. The van der Waals surface area contributed by atoms with Crippen LogP contribution in [0.25, 0.3) is 0 Å². The molecule has 0 amide bonds. The van der Waals surface area contributed by atoms with Gasteiger partial charge in [0.1, 0.15) is 0 Å². The standard InChI is InChI=1S/C14H26N2/c1-13(2)11-4-5-14(13,3)12(10-11)16-8-6-15-7-9-16/h11-12,15H,4-10H2,1-3H3/t11-,12+,14-/m1/s1. The Bertz CT molecular complexity index is 280. The van der Waals surface area contributed by atoms with Gasteiger partial charge in [-0.05, 0) is 36.0 Å². The lowest BCUT2D eigenvalue weighted by Crippen LogP contribution is -2.54. The highest BCUT2D eigenvalue weighted by Crippen LogP contribution is 2.66. The van der Waals surface area contributed by atoms with E-state index in [1.54, 1.807) is 0 Å². The van der Waals surface area contributed by atoms with Crippen LogP contribution in [0.15, 0.2) is 0 Å².